The van der Waals surface area contributed by atoms with E-state index in [1.165, 1.54) is 30.9 Å². The highest BCUT2D eigenvalue weighted by molar-refractivity contribution is 5.90. The summed E-state index contributed by atoms with van der Waals surface area (Å²) in [6, 6.07) is 7.92. The molecule has 0 aliphatic heterocycles. The highest BCUT2D eigenvalue weighted by atomic mass is 16.4. The van der Waals surface area contributed by atoms with Crippen LogP contribution in [0.4, 0.5) is 5.69 Å². The largest absolute Gasteiger partial charge is 0.479 e. The van der Waals surface area contributed by atoms with Crippen LogP contribution in [0.3, 0.4) is 0 Å². The zero-order valence-corrected chi connectivity index (χ0v) is 16.0. The number of anilines is 1. The van der Waals surface area contributed by atoms with E-state index in [9.17, 15) is 14.7 Å². The first-order valence-electron chi connectivity index (χ1n) is 8.86. The Kier molecular flexibility index (Phi) is 5.30. The lowest BCUT2D eigenvalue weighted by Crippen LogP contribution is -2.35. The SMILES string of the molecule is Cc1ccc(-c2cnc(CCC(=O)Nc3cnn(C(C)(C)C(=O)O)c3)o2)cc1. The number of carbonyl (C=O) groups is 2. The molecule has 1 amide bonds. The maximum absolute atomic E-state index is 12.2. The Morgan fingerprint density at radius 3 is 2.61 bits per heavy atom. The molecule has 0 atom stereocenters. The fourth-order valence-corrected chi connectivity index (χ4v) is 2.51. The Labute approximate surface area is 162 Å². The van der Waals surface area contributed by atoms with Gasteiger partial charge in [-0.05, 0) is 20.8 Å². The van der Waals surface area contributed by atoms with E-state index in [1.807, 2.05) is 31.2 Å². The van der Waals surface area contributed by atoms with Crippen LogP contribution in [0, 0.1) is 6.92 Å². The molecule has 0 spiro atoms. The molecule has 2 N–H and O–H groups in total. The number of rotatable bonds is 7. The number of aromatic nitrogens is 3. The number of amides is 1. The number of hydrogen-bond donors (Lipinski definition) is 2. The predicted octanol–water partition coefficient (Wildman–Crippen LogP) is 3.24. The van der Waals surface area contributed by atoms with Gasteiger partial charge in [-0.1, -0.05) is 29.8 Å². The minimum atomic E-state index is -1.20. The van der Waals surface area contributed by atoms with Gasteiger partial charge in [-0.3, -0.25) is 9.48 Å². The number of carbonyl (C=O) groups excluding carboxylic acids is 1. The summed E-state index contributed by atoms with van der Waals surface area (Å²) in [6.45, 7) is 5.07. The highest BCUT2D eigenvalue weighted by Crippen LogP contribution is 2.21. The minimum Gasteiger partial charge on any atom is -0.479 e. The normalized spacial score (nSPS) is 11.4. The first-order chi connectivity index (χ1) is 13.3. The maximum atomic E-state index is 12.2. The van der Waals surface area contributed by atoms with Gasteiger partial charge >= 0.3 is 5.97 Å². The molecular formula is C20H22N4O4. The third-order valence-corrected chi connectivity index (χ3v) is 4.42. The van der Waals surface area contributed by atoms with Crippen molar-refractivity contribution in [1.82, 2.24) is 14.8 Å². The van der Waals surface area contributed by atoms with E-state index in [0.29, 0.717) is 23.8 Å². The Morgan fingerprint density at radius 1 is 1.21 bits per heavy atom. The quantitative estimate of drug-likeness (QED) is 0.649. The fourth-order valence-electron chi connectivity index (χ4n) is 2.51. The number of nitrogens with zero attached hydrogens (tertiary/aromatic N) is 3. The molecule has 0 bridgehead atoms. The van der Waals surface area contributed by atoms with Crippen LogP contribution in [0.5, 0.6) is 0 Å². The summed E-state index contributed by atoms with van der Waals surface area (Å²) in [7, 11) is 0. The molecule has 146 valence electrons. The van der Waals surface area contributed by atoms with Gasteiger partial charge in [0.2, 0.25) is 5.91 Å². The van der Waals surface area contributed by atoms with E-state index in [0.717, 1.165) is 11.1 Å². The molecule has 3 rings (SSSR count). The molecule has 0 saturated heterocycles. The number of aryl methyl sites for hydroxylation is 2. The Hall–Kier alpha value is -3.42. The zero-order valence-electron chi connectivity index (χ0n) is 16.0. The van der Waals surface area contributed by atoms with Crippen LogP contribution < -0.4 is 5.32 Å². The fraction of sp³-hybridized carbons (Fsp3) is 0.300. The number of oxazole rings is 1. The van der Waals surface area contributed by atoms with Crippen LogP contribution in [0.2, 0.25) is 0 Å². The summed E-state index contributed by atoms with van der Waals surface area (Å²) in [5, 5.41) is 15.9. The van der Waals surface area contributed by atoms with Gasteiger partial charge < -0.3 is 14.8 Å². The molecule has 0 aliphatic rings. The van der Waals surface area contributed by atoms with Crippen molar-refractivity contribution in [3.8, 4) is 11.3 Å². The average molecular weight is 382 g/mol. The first kappa shape index (κ1) is 19.3. The molecule has 0 aliphatic carbocycles. The third kappa shape index (κ3) is 4.28. The topological polar surface area (TPSA) is 110 Å². The van der Waals surface area contributed by atoms with Crippen molar-refractivity contribution in [3.63, 3.8) is 0 Å². The summed E-state index contributed by atoms with van der Waals surface area (Å²) in [5.74, 6) is -0.106. The summed E-state index contributed by atoms with van der Waals surface area (Å²) >= 11 is 0. The average Bonchev–Trinajstić information content (AvgIpc) is 3.30. The number of benzene rings is 1. The lowest BCUT2D eigenvalue weighted by Gasteiger charge is -2.19. The molecule has 0 radical (unpaired) electrons. The summed E-state index contributed by atoms with van der Waals surface area (Å²) in [4.78, 5) is 27.6. The van der Waals surface area contributed by atoms with Crippen LogP contribution in [-0.2, 0) is 21.5 Å². The van der Waals surface area contributed by atoms with Gasteiger partial charge in [0.25, 0.3) is 0 Å². The lowest BCUT2D eigenvalue weighted by molar-refractivity contribution is -0.146. The van der Waals surface area contributed by atoms with Gasteiger partial charge in [0.05, 0.1) is 18.1 Å². The number of aliphatic carboxylic acids is 1. The van der Waals surface area contributed by atoms with Crippen LogP contribution in [0.1, 0.15) is 31.7 Å². The summed E-state index contributed by atoms with van der Waals surface area (Å²) in [5.41, 5.74) is 1.33. The van der Waals surface area contributed by atoms with Crippen molar-refractivity contribution in [2.75, 3.05) is 5.32 Å². The van der Waals surface area contributed by atoms with E-state index < -0.39 is 11.5 Å². The number of nitrogens with one attached hydrogen (secondary N) is 1. The minimum absolute atomic E-state index is 0.182. The van der Waals surface area contributed by atoms with Crippen molar-refractivity contribution >= 4 is 17.6 Å². The van der Waals surface area contributed by atoms with E-state index >= 15 is 0 Å². The van der Waals surface area contributed by atoms with E-state index in [2.05, 4.69) is 15.4 Å². The van der Waals surface area contributed by atoms with E-state index in [-0.39, 0.29) is 12.3 Å². The molecule has 2 aromatic heterocycles. The van der Waals surface area contributed by atoms with Gasteiger partial charge in [0, 0.05) is 24.6 Å². The molecule has 8 nitrogen and oxygen atoms in total. The molecular weight excluding hydrogens is 360 g/mol. The van der Waals surface area contributed by atoms with Crippen molar-refractivity contribution in [2.45, 2.75) is 39.2 Å². The van der Waals surface area contributed by atoms with Crippen molar-refractivity contribution in [1.29, 1.82) is 0 Å². The molecule has 0 unspecified atom stereocenters. The van der Waals surface area contributed by atoms with E-state index in [4.69, 9.17) is 4.42 Å². The van der Waals surface area contributed by atoms with Gasteiger partial charge in [-0.15, -0.1) is 0 Å². The van der Waals surface area contributed by atoms with Crippen molar-refractivity contribution in [2.24, 2.45) is 0 Å². The number of carboxylic acids is 1. The molecule has 1 aromatic carbocycles. The van der Waals surface area contributed by atoms with Crippen LogP contribution in [0.15, 0.2) is 47.3 Å². The molecule has 8 heteroatoms. The summed E-state index contributed by atoms with van der Waals surface area (Å²) < 4.78 is 7.01. The third-order valence-electron chi connectivity index (χ3n) is 4.42. The van der Waals surface area contributed by atoms with Gasteiger partial charge in [0.1, 0.15) is 0 Å². The Balaban J connectivity index is 1.56. The number of hydrogen-bond acceptors (Lipinski definition) is 5. The molecule has 2 heterocycles. The zero-order chi connectivity index (χ0) is 20.3. The van der Waals surface area contributed by atoms with Gasteiger partial charge in [-0.25, -0.2) is 9.78 Å². The molecule has 3 aromatic rings. The predicted molar refractivity (Wildman–Crippen MR) is 103 cm³/mol. The van der Waals surface area contributed by atoms with Gasteiger partial charge in [-0.2, -0.15) is 5.10 Å². The summed E-state index contributed by atoms with van der Waals surface area (Å²) in [6.07, 6.45) is 5.10. The first-order valence-corrected chi connectivity index (χ1v) is 8.86. The monoisotopic (exact) mass is 382 g/mol. The second-order valence-electron chi connectivity index (χ2n) is 7.07. The maximum Gasteiger partial charge on any atom is 0.331 e. The molecule has 0 fully saturated rings. The smallest absolute Gasteiger partial charge is 0.331 e. The van der Waals surface area contributed by atoms with Crippen LogP contribution in [-0.4, -0.2) is 31.7 Å². The van der Waals surface area contributed by atoms with Gasteiger partial charge in [0.15, 0.2) is 17.2 Å². The Morgan fingerprint density at radius 2 is 1.93 bits per heavy atom. The lowest BCUT2D eigenvalue weighted by atomic mass is 10.1. The second-order valence-corrected chi connectivity index (χ2v) is 7.07. The standard InChI is InChI=1S/C20H22N4O4/c1-13-4-6-14(7-5-13)16-11-21-18(28-16)9-8-17(25)23-15-10-22-24(12-15)20(2,3)19(26)27/h4-7,10-12H,8-9H2,1-3H3,(H,23,25)(H,26,27). The molecule has 0 saturated carbocycles. The van der Waals surface area contributed by atoms with Crippen LogP contribution in [0.25, 0.3) is 11.3 Å². The Bertz CT molecular complexity index is 986. The second kappa shape index (κ2) is 7.67. The van der Waals surface area contributed by atoms with Crippen LogP contribution >= 0.6 is 0 Å². The highest BCUT2D eigenvalue weighted by Gasteiger charge is 2.30. The van der Waals surface area contributed by atoms with Crippen molar-refractivity contribution in [3.05, 3.63) is 54.3 Å². The van der Waals surface area contributed by atoms with Crippen molar-refractivity contribution < 1.29 is 19.1 Å². The molecule has 28 heavy (non-hydrogen) atoms. The van der Waals surface area contributed by atoms with E-state index in [1.54, 1.807) is 6.20 Å². The number of carboxylic acid groups (broad SMARTS) is 1.